The first-order valence-corrected chi connectivity index (χ1v) is 10.0. The van der Waals surface area contributed by atoms with Crippen molar-refractivity contribution >= 4 is 27.3 Å². The van der Waals surface area contributed by atoms with Crippen LogP contribution in [0, 0.1) is 0 Å². The summed E-state index contributed by atoms with van der Waals surface area (Å²) in [5.41, 5.74) is 0. The van der Waals surface area contributed by atoms with E-state index in [1.54, 1.807) is 11.0 Å². The predicted molar refractivity (Wildman–Crippen MR) is 86.1 cm³/mol. The SMILES string of the molecule is O=C(c1cccs1)N1CCO[C@@H](CS(=O)(=O)N2CCOCC2)C1. The molecule has 3 rings (SSSR count). The zero-order chi connectivity index (χ0) is 16.3. The van der Waals surface area contributed by atoms with E-state index < -0.39 is 16.1 Å². The summed E-state index contributed by atoms with van der Waals surface area (Å²) in [7, 11) is -3.39. The van der Waals surface area contributed by atoms with Crippen LogP contribution in [0.2, 0.25) is 0 Å². The number of sulfonamides is 1. The van der Waals surface area contributed by atoms with Crippen LogP contribution in [0.25, 0.3) is 0 Å². The number of carbonyl (C=O) groups is 1. The maximum Gasteiger partial charge on any atom is 0.264 e. The van der Waals surface area contributed by atoms with Gasteiger partial charge in [-0.15, -0.1) is 11.3 Å². The molecule has 1 aromatic rings. The highest BCUT2D eigenvalue weighted by atomic mass is 32.2. The van der Waals surface area contributed by atoms with E-state index >= 15 is 0 Å². The molecule has 1 amide bonds. The minimum absolute atomic E-state index is 0.0583. The van der Waals surface area contributed by atoms with Gasteiger partial charge >= 0.3 is 0 Å². The molecule has 1 atom stereocenters. The van der Waals surface area contributed by atoms with E-state index in [9.17, 15) is 13.2 Å². The van der Waals surface area contributed by atoms with Gasteiger partial charge in [0.25, 0.3) is 5.91 Å². The van der Waals surface area contributed by atoms with E-state index in [-0.39, 0.29) is 11.7 Å². The van der Waals surface area contributed by atoms with Gasteiger partial charge in [0.2, 0.25) is 10.0 Å². The maximum absolute atomic E-state index is 12.4. The Morgan fingerprint density at radius 1 is 1.26 bits per heavy atom. The van der Waals surface area contributed by atoms with Gasteiger partial charge in [-0.1, -0.05) is 6.07 Å². The fourth-order valence-electron chi connectivity index (χ4n) is 2.73. The molecule has 3 heterocycles. The molecule has 0 unspecified atom stereocenters. The number of hydrogen-bond donors (Lipinski definition) is 0. The van der Waals surface area contributed by atoms with Crippen molar-refractivity contribution in [2.24, 2.45) is 0 Å². The second kappa shape index (κ2) is 7.27. The highest BCUT2D eigenvalue weighted by molar-refractivity contribution is 7.89. The molecule has 0 radical (unpaired) electrons. The molecule has 1 aromatic heterocycles. The second-order valence-electron chi connectivity index (χ2n) is 5.51. The van der Waals surface area contributed by atoms with Gasteiger partial charge in [0, 0.05) is 26.2 Å². The summed E-state index contributed by atoms with van der Waals surface area (Å²) in [6.45, 7) is 2.77. The quantitative estimate of drug-likeness (QED) is 0.769. The van der Waals surface area contributed by atoms with Gasteiger partial charge in [0.1, 0.15) is 0 Å². The molecule has 9 heteroatoms. The molecule has 2 saturated heterocycles. The van der Waals surface area contributed by atoms with Crippen molar-refractivity contribution in [2.45, 2.75) is 6.10 Å². The lowest BCUT2D eigenvalue weighted by Crippen LogP contribution is -2.50. The summed E-state index contributed by atoms with van der Waals surface area (Å²) in [5, 5.41) is 1.86. The third-order valence-corrected chi connectivity index (χ3v) is 6.72. The average molecular weight is 360 g/mol. The van der Waals surface area contributed by atoms with Crippen molar-refractivity contribution < 1.29 is 22.7 Å². The van der Waals surface area contributed by atoms with E-state index in [0.29, 0.717) is 50.9 Å². The Kier molecular flexibility index (Phi) is 5.32. The lowest BCUT2D eigenvalue weighted by atomic mass is 10.3. The topological polar surface area (TPSA) is 76.2 Å². The molecule has 0 spiro atoms. The van der Waals surface area contributed by atoms with E-state index in [4.69, 9.17) is 9.47 Å². The van der Waals surface area contributed by atoms with E-state index in [1.807, 2.05) is 11.4 Å². The molecule has 7 nitrogen and oxygen atoms in total. The van der Waals surface area contributed by atoms with Crippen molar-refractivity contribution in [1.82, 2.24) is 9.21 Å². The number of morpholine rings is 2. The Balaban J connectivity index is 1.61. The number of nitrogens with zero attached hydrogens (tertiary/aromatic N) is 2. The van der Waals surface area contributed by atoms with Crippen LogP contribution in [-0.2, 0) is 19.5 Å². The highest BCUT2D eigenvalue weighted by Gasteiger charge is 2.32. The molecule has 23 heavy (non-hydrogen) atoms. The zero-order valence-corrected chi connectivity index (χ0v) is 14.4. The molecular formula is C14H20N2O5S2. The van der Waals surface area contributed by atoms with Gasteiger partial charge in [-0.25, -0.2) is 8.42 Å². The van der Waals surface area contributed by atoms with Crippen LogP contribution in [0.3, 0.4) is 0 Å². The second-order valence-corrected chi connectivity index (χ2v) is 8.47. The third kappa shape index (κ3) is 4.10. The van der Waals surface area contributed by atoms with Crippen LogP contribution in [-0.4, -0.2) is 81.4 Å². The van der Waals surface area contributed by atoms with Crippen molar-refractivity contribution in [3.8, 4) is 0 Å². The molecule has 2 fully saturated rings. The maximum atomic E-state index is 12.4. The summed E-state index contributed by atoms with van der Waals surface area (Å²) < 4.78 is 37.1. The lowest BCUT2D eigenvalue weighted by Gasteiger charge is -2.34. The standard InChI is InChI=1S/C14H20N2O5S2/c17-14(13-2-1-9-22-13)15-3-8-21-12(10-15)11-23(18,19)16-4-6-20-7-5-16/h1-2,9,12H,3-8,10-11H2/t12-/m1/s1. The van der Waals surface area contributed by atoms with Crippen LogP contribution in [0.1, 0.15) is 9.67 Å². The number of ether oxygens (including phenoxy) is 2. The largest absolute Gasteiger partial charge is 0.379 e. The average Bonchev–Trinajstić information content (AvgIpc) is 3.09. The molecule has 0 bridgehead atoms. The molecule has 0 saturated carbocycles. The van der Waals surface area contributed by atoms with Gasteiger partial charge in [0.15, 0.2) is 0 Å². The van der Waals surface area contributed by atoms with Crippen molar-refractivity contribution in [1.29, 1.82) is 0 Å². The molecule has 2 aliphatic rings. The first kappa shape index (κ1) is 16.8. The fraction of sp³-hybridized carbons (Fsp3) is 0.643. The number of carbonyl (C=O) groups excluding carboxylic acids is 1. The molecular weight excluding hydrogens is 340 g/mol. The summed E-state index contributed by atoms with van der Waals surface area (Å²) in [6.07, 6.45) is -0.486. The Labute approximate surface area is 139 Å². The minimum Gasteiger partial charge on any atom is -0.379 e. The monoisotopic (exact) mass is 360 g/mol. The van der Waals surface area contributed by atoms with Crippen LogP contribution >= 0.6 is 11.3 Å². The van der Waals surface area contributed by atoms with Gasteiger partial charge in [0.05, 0.1) is 36.6 Å². The minimum atomic E-state index is -3.39. The Morgan fingerprint density at radius 3 is 2.74 bits per heavy atom. The number of rotatable bonds is 4. The van der Waals surface area contributed by atoms with Crippen molar-refractivity contribution in [3.05, 3.63) is 22.4 Å². The van der Waals surface area contributed by atoms with Gasteiger partial charge in [-0.3, -0.25) is 4.79 Å². The summed E-state index contributed by atoms with van der Waals surface area (Å²) in [5.74, 6) is -0.154. The van der Waals surface area contributed by atoms with E-state index in [0.717, 1.165) is 0 Å². The predicted octanol–water partition coefficient (Wildman–Crippen LogP) is 0.251. The number of amides is 1. The van der Waals surface area contributed by atoms with Crippen LogP contribution in [0.4, 0.5) is 0 Å². The molecule has 128 valence electrons. The summed E-state index contributed by atoms with van der Waals surface area (Å²) >= 11 is 1.39. The van der Waals surface area contributed by atoms with Gasteiger partial charge in [-0.2, -0.15) is 4.31 Å². The fourth-order valence-corrected chi connectivity index (χ4v) is 5.00. The lowest BCUT2D eigenvalue weighted by molar-refractivity contribution is -0.0115. The van der Waals surface area contributed by atoms with Crippen molar-refractivity contribution in [2.75, 3.05) is 51.8 Å². The van der Waals surface area contributed by atoms with E-state index in [2.05, 4.69) is 0 Å². The highest BCUT2D eigenvalue weighted by Crippen LogP contribution is 2.17. The van der Waals surface area contributed by atoms with E-state index in [1.165, 1.54) is 15.6 Å². The number of hydrogen-bond acceptors (Lipinski definition) is 6. The third-order valence-electron chi connectivity index (χ3n) is 3.92. The zero-order valence-electron chi connectivity index (χ0n) is 12.7. The Bertz CT molecular complexity index is 626. The van der Waals surface area contributed by atoms with Crippen LogP contribution in [0.15, 0.2) is 17.5 Å². The number of thiophene rings is 1. The smallest absolute Gasteiger partial charge is 0.264 e. The normalized spacial score (nSPS) is 23.8. The molecule has 0 aromatic carbocycles. The Hall–Kier alpha value is -1.00. The van der Waals surface area contributed by atoms with Gasteiger partial charge in [-0.05, 0) is 11.4 Å². The first-order valence-electron chi connectivity index (χ1n) is 7.56. The molecule has 0 N–H and O–H groups in total. The Morgan fingerprint density at radius 2 is 2.04 bits per heavy atom. The van der Waals surface area contributed by atoms with Gasteiger partial charge < -0.3 is 14.4 Å². The molecule has 2 aliphatic heterocycles. The summed E-state index contributed by atoms with van der Waals surface area (Å²) in [6, 6.07) is 3.61. The van der Waals surface area contributed by atoms with Crippen LogP contribution < -0.4 is 0 Å². The van der Waals surface area contributed by atoms with Crippen LogP contribution in [0.5, 0.6) is 0 Å². The van der Waals surface area contributed by atoms with Crippen molar-refractivity contribution in [3.63, 3.8) is 0 Å². The molecule has 0 aliphatic carbocycles. The first-order chi connectivity index (χ1) is 11.1. The summed E-state index contributed by atoms with van der Waals surface area (Å²) in [4.78, 5) is 14.7.